The van der Waals surface area contributed by atoms with E-state index >= 15 is 0 Å². The van der Waals surface area contributed by atoms with Gasteiger partial charge in [0.1, 0.15) is 11.6 Å². The predicted octanol–water partition coefficient (Wildman–Crippen LogP) is 3.66. The summed E-state index contributed by atoms with van der Waals surface area (Å²) in [5.41, 5.74) is 8.19. The number of nitrogen functional groups attached to an aromatic ring is 1. The Kier molecular flexibility index (Phi) is 3.53. The second-order valence-corrected chi connectivity index (χ2v) is 5.91. The van der Waals surface area contributed by atoms with Gasteiger partial charge in [0.2, 0.25) is 0 Å². The van der Waals surface area contributed by atoms with Crippen molar-refractivity contribution < 1.29 is 8.78 Å². The van der Waals surface area contributed by atoms with Crippen LogP contribution < -0.4 is 10.6 Å². The summed E-state index contributed by atoms with van der Waals surface area (Å²) in [4.78, 5) is 3.26. The highest BCUT2D eigenvalue weighted by Crippen LogP contribution is 2.36. The van der Waals surface area contributed by atoms with E-state index in [0.717, 1.165) is 28.9 Å². The number of thioether (sulfide) groups is 1. The number of anilines is 2. The first-order valence-electron chi connectivity index (χ1n) is 6.34. The summed E-state index contributed by atoms with van der Waals surface area (Å²) in [5.74, 6) is -0.132. The molecule has 1 aliphatic rings. The maximum Gasteiger partial charge on any atom is 0.126 e. The molecule has 0 atom stereocenters. The van der Waals surface area contributed by atoms with Crippen molar-refractivity contribution in [2.24, 2.45) is 0 Å². The lowest BCUT2D eigenvalue weighted by Gasteiger charge is -2.31. The van der Waals surface area contributed by atoms with Gasteiger partial charge in [0.25, 0.3) is 0 Å². The Morgan fingerprint density at radius 2 is 1.85 bits per heavy atom. The third-order valence-corrected chi connectivity index (χ3v) is 4.28. The number of nitrogens with zero attached hydrogens (tertiary/aromatic N) is 1. The minimum atomic E-state index is -0.542. The predicted molar refractivity (Wildman–Crippen MR) is 79.0 cm³/mol. The molecule has 104 valence electrons. The number of hydrogen-bond donors (Lipinski definition) is 1. The highest BCUT2D eigenvalue weighted by molar-refractivity contribution is 7.99. The van der Waals surface area contributed by atoms with Gasteiger partial charge < -0.3 is 10.6 Å². The molecule has 5 heteroatoms. The molecule has 20 heavy (non-hydrogen) atoms. The van der Waals surface area contributed by atoms with Crippen molar-refractivity contribution in [3.05, 3.63) is 53.6 Å². The maximum atomic E-state index is 13.3. The molecule has 0 saturated heterocycles. The van der Waals surface area contributed by atoms with E-state index in [4.69, 9.17) is 5.73 Å². The molecule has 2 aromatic carbocycles. The van der Waals surface area contributed by atoms with Crippen molar-refractivity contribution in [1.82, 2.24) is 0 Å². The number of hydrogen-bond acceptors (Lipinski definition) is 3. The third kappa shape index (κ3) is 2.72. The molecular weight excluding hydrogens is 278 g/mol. The summed E-state index contributed by atoms with van der Waals surface area (Å²) in [6.45, 7) is 1.31. The molecule has 0 fully saturated rings. The van der Waals surface area contributed by atoms with Crippen molar-refractivity contribution in [3.63, 3.8) is 0 Å². The second kappa shape index (κ2) is 5.32. The van der Waals surface area contributed by atoms with Gasteiger partial charge in [-0.05, 0) is 35.9 Å². The zero-order valence-corrected chi connectivity index (χ0v) is 11.6. The van der Waals surface area contributed by atoms with E-state index in [1.165, 1.54) is 12.1 Å². The lowest BCUT2D eigenvalue weighted by atomic mass is 10.1. The minimum absolute atomic E-state index is 0.478. The van der Waals surface area contributed by atoms with E-state index in [9.17, 15) is 8.78 Å². The SMILES string of the molecule is Nc1ccc2c(c1)N(Cc1cc(F)cc(F)c1)CCS2. The molecule has 1 aliphatic heterocycles. The molecule has 1 heterocycles. The summed E-state index contributed by atoms with van der Waals surface area (Å²) in [5, 5.41) is 0. The summed E-state index contributed by atoms with van der Waals surface area (Å²) >= 11 is 1.77. The zero-order valence-electron chi connectivity index (χ0n) is 10.8. The lowest BCUT2D eigenvalue weighted by molar-refractivity contribution is 0.578. The van der Waals surface area contributed by atoms with Crippen molar-refractivity contribution in [1.29, 1.82) is 0 Å². The fourth-order valence-corrected chi connectivity index (χ4v) is 3.41. The Balaban J connectivity index is 1.91. The van der Waals surface area contributed by atoms with Crippen LogP contribution in [-0.2, 0) is 6.54 Å². The Morgan fingerprint density at radius 3 is 2.60 bits per heavy atom. The molecule has 2 aromatic rings. The monoisotopic (exact) mass is 292 g/mol. The molecular formula is C15H14F2N2S. The van der Waals surface area contributed by atoms with Gasteiger partial charge in [0, 0.05) is 35.5 Å². The number of benzene rings is 2. The largest absolute Gasteiger partial charge is 0.399 e. The molecule has 2 N–H and O–H groups in total. The van der Waals surface area contributed by atoms with Crippen molar-refractivity contribution in [3.8, 4) is 0 Å². The molecule has 0 saturated carbocycles. The molecule has 0 bridgehead atoms. The molecule has 3 rings (SSSR count). The van der Waals surface area contributed by atoms with Crippen LogP contribution in [0.3, 0.4) is 0 Å². The second-order valence-electron chi connectivity index (χ2n) is 4.77. The molecule has 0 aliphatic carbocycles. The van der Waals surface area contributed by atoms with Crippen LogP contribution in [0.5, 0.6) is 0 Å². The molecule has 0 radical (unpaired) electrons. The van der Waals surface area contributed by atoms with E-state index in [-0.39, 0.29) is 0 Å². The normalized spacial score (nSPS) is 14.2. The average Bonchev–Trinajstić information content (AvgIpc) is 2.38. The Labute approximate surface area is 120 Å². The standard InChI is InChI=1S/C15H14F2N2S/c16-11-5-10(6-12(17)7-11)9-19-3-4-20-15-2-1-13(18)8-14(15)19/h1-2,5-8H,3-4,9,18H2. The van der Waals surface area contributed by atoms with Gasteiger partial charge in [-0.3, -0.25) is 0 Å². The summed E-state index contributed by atoms with van der Waals surface area (Å²) in [6.07, 6.45) is 0. The molecule has 0 aromatic heterocycles. The number of halogens is 2. The van der Waals surface area contributed by atoms with Gasteiger partial charge in [-0.25, -0.2) is 8.78 Å². The van der Waals surface area contributed by atoms with Crippen LogP contribution in [0.4, 0.5) is 20.2 Å². The van der Waals surface area contributed by atoms with Crippen LogP contribution in [0, 0.1) is 11.6 Å². The molecule has 2 nitrogen and oxygen atoms in total. The van der Waals surface area contributed by atoms with Crippen LogP contribution in [0.2, 0.25) is 0 Å². The number of nitrogens with two attached hydrogens (primary N) is 1. The average molecular weight is 292 g/mol. The van der Waals surface area contributed by atoms with E-state index < -0.39 is 11.6 Å². The summed E-state index contributed by atoms with van der Waals surface area (Å²) in [7, 11) is 0. The fourth-order valence-electron chi connectivity index (χ4n) is 2.38. The topological polar surface area (TPSA) is 29.3 Å². The maximum absolute atomic E-state index is 13.3. The first-order valence-corrected chi connectivity index (χ1v) is 7.32. The van der Waals surface area contributed by atoms with Crippen LogP contribution >= 0.6 is 11.8 Å². The van der Waals surface area contributed by atoms with E-state index in [0.29, 0.717) is 17.8 Å². The van der Waals surface area contributed by atoms with Gasteiger partial charge in [-0.15, -0.1) is 11.8 Å². The number of fused-ring (bicyclic) bond motifs is 1. The first-order chi connectivity index (χ1) is 9.61. The molecule has 0 spiro atoms. The van der Waals surface area contributed by atoms with Gasteiger partial charge in [-0.2, -0.15) is 0 Å². The van der Waals surface area contributed by atoms with Crippen LogP contribution in [0.15, 0.2) is 41.3 Å². The first kappa shape index (κ1) is 13.2. The Bertz CT molecular complexity index is 626. The van der Waals surface area contributed by atoms with Crippen molar-refractivity contribution in [2.75, 3.05) is 22.9 Å². The zero-order chi connectivity index (χ0) is 14.1. The quantitative estimate of drug-likeness (QED) is 0.857. The van der Waals surface area contributed by atoms with Gasteiger partial charge in [0.15, 0.2) is 0 Å². The van der Waals surface area contributed by atoms with E-state index in [1.54, 1.807) is 11.8 Å². The number of rotatable bonds is 2. The van der Waals surface area contributed by atoms with Crippen molar-refractivity contribution >= 4 is 23.1 Å². The summed E-state index contributed by atoms with van der Waals surface area (Å²) < 4.78 is 26.5. The lowest BCUT2D eigenvalue weighted by Crippen LogP contribution is -2.28. The van der Waals surface area contributed by atoms with Gasteiger partial charge in [0.05, 0.1) is 5.69 Å². The molecule has 0 amide bonds. The van der Waals surface area contributed by atoms with Gasteiger partial charge in [-0.1, -0.05) is 0 Å². The smallest absolute Gasteiger partial charge is 0.126 e. The van der Waals surface area contributed by atoms with Crippen LogP contribution in [0.25, 0.3) is 0 Å². The minimum Gasteiger partial charge on any atom is -0.399 e. The van der Waals surface area contributed by atoms with E-state index in [1.807, 2.05) is 18.2 Å². The van der Waals surface area contributed by atoms with Crippen LogP contribution in [-0.4, -0.2) is 12.3 Å². The van der Waals surface area contributed by atoms with E-state index in [2.05, 4.69) is 4.90 Å². The fraction of sp³-hybridized carbons (Fsp3) is 0.200. The molecule has 0 unspecified atom stereocenters. The highest BCUT2D eigenvalue weighted by atomic mass is 32.2. The third-order valence-electron chi connectivity index (χ3n) is 3.24. The Morgan fingerprint density at radius 1 is 1.10 bits per heavy atom. The highest BCUT2D eigenvalue weighted by Gasteiger charge is 2.18. The Hall–Kier alpha value is -1.75. The van der Waals surface area contributed by atoms with Crippen LogP contribution in [0.1, 0.15) is 5.56 Å². The van der Waals surface area contributed by atoms with Gasteiger partial charge >= 0.3 is 0 Å². The summed E-state index contributed by atoms with van der Waals surface area (Å²) in [6, 6.07) is 9.41. The van der Waals surface area contributed by atoms with Crippen molar-refractivity contribution in [2.45, 2.75) is 11.4 Å².